The Labute approximate surface area is 228 Å². The van der Waals surface area contributed by atoms with Crippen molar-refractivity contribution in [3.8, 4) is 0 Å². The normalized spacial score (nSPS) is 17.9. The number of rotatable bonds is 12. The van der Waals surface area contributed by atoms with Crippen LogP contribution >= 0.6 is 7.37 Å². The molecule has 0 radical (unpaired) electrons. The van der Waals surface area contributed by atoms with Crippen molar-refractivity contribution in [1.29, 1.82) is 0 Å². The first-order valence-electron chi connectivity index (χ1n) is 13.9. The van der Waals surface area contributed by atoms with E-state index in [-0.39, 0.29) is 21.1 Å². The van der Waals surface area contributed by atoms with Crippen LogP contribution in [0.4, 0.5) is 0 Å². The van der Waals surface area contributed by atoms with Crippen LogP contribution in [0.25, 0.3) is 0 Å². The van der Waals surface area contributed by atoms with Crippen LogP contribution in [0, 0.1) is 0 Å². The zero-order valence-electron chi connectivity index (χ0n) is 27.1. The Hall–Kier alpha value is 0.271. The lowest BCUT2D eigenvalue weighted by atomic mass is 9.91. The molecule has 0 bridgehead atoms. The summed E-state index contributed by atoms with van der Waals surface area (Å²) in [5.74, 6) is -0.153. The second-order valence-electron chi connectivity index (χ2n) is 15.7. The molecule has 9 heteroatoms. The van der Waals surface area contributed by atoms with Gasteiger partial charge < -0.3 is 13.6 Å². The quantitative estimate of drug-likeness (QED) is 0.184. The van der Waals surface area contributed by atoms with Crippen LogP contribution < -0.4 is 4.98 Å². The van der Waals surface area contributed by atoms with Gasteiger partial charge in [0.1, 0.15) is 13.8 Å². The first-order valence-corrected chi connectivity index (χ1v) is 24.9. The fraction of sp³-hybridized carbons (Fsp3) is 0.963. The lowest BCUT2D eigenvalue weighted by Gasteiger charge is -2.48. The molecule has 0 aromatic rings. The Balaban J connectivity index is 6.53. The third-order valence-corrected chi connectivity index (χ3v) is 26.3. The molecule has 5 nitrogen and oxygen atoms in total. The Bertz CT molecular complexity index is 792. The molecule has 0 rings (SSSR count). The van der Waals surface area contributed by atoms with E-state index in [4.69, 9.17) is 8.64 Å². The molecule has 0 spiro atoms. The van der Waals surface area contributed by atoms with Gasteiger partial charge in [-0.2, -0.15) is 0 Å². The van der Waals surface area contributed by atoms with Gasteiger partial charge in [0.2, 0.25) is 8.32 Å². The summed E-state index contributed by atoms with van der Waals surface area (Å²) in [4.78, 5) is 18.2. The third kappa shape index (κ3) is 9.78. The summed E-state index contributed by atoms with van der Waals surface area (Å²) in [5, 5.41) is -0.0739. The SMILES string of the molecule is CCCCC(CCP(C)(=O)O[Si](C)(C)C(C)(C)C)(N[Si](C)(C)C(C)(C)C)C(=O)O[Si](C)(C)C(C)(C)C. The van der Waals surface area contributed by atoms with E-state index in [0.29, 0.717) is 19.0 Å². The minimum Gasteiger partial charge on any atom is -0.518 e. The van der Waals surface area contributed by atoms with Gasteiger partial charge >= 0.3 is 5.97 Å². The second kappa shape index (κ2) is 11.8. The number of hydrogen-bond acceptors (Lipinski definition) is 5. The highest BCUT2D eigenvalue weighted by molar-refractivity contribution is 7.59. The molecule has 0 aromatic carbocycles. The smallest absolute Gasteiger partial charge is 0.312 e. The fourth-order valence-electron chi connectivity index (χ4n) is 3.31. The number of hydrogen-bond donors (Lipinski definition) is 1. The standard InChI is InChI=1S/C27H62NO4PSi3/c1-18-19-20-27(28-34(12,13)24(2,3)4,23(29)31-35(14,15)25(5,6)7)21-22-33(11,30)32-36(16,17)26(8,9)10/h28H,18-22H2,1-17H3. The van der Waals surface area contributed by atoms with Crippen LogP contribution in [-0.4, -0.2) is 49.2 Å². The van der Waals surface area contributed by atoms with E-state index in [9.17, 15) is 9.36 Å². The molecule has 36 heavy (non-hydrogen) atoms. The van der Waals surface area contributed by atoms with Crippen LogP contribution in [0.1, 0.15) is 94.9 Å². The van der Waals surface area contributed by atoms with Gasteiger partial charge in [-0.25, -0.2) is 0 Å². The maximum Gasteiger partial charge on any atom is 0.312 e. The highest BCUT2D eigenvalue weighted by Crippen LogP contribution is 2.53. The van der Waals surface area contributed by atoms with Crippen molar-refractivity contribution in [1.82, 2.24) is 4.98 Å². The molecule has 2 atom stereocenters. The van der Waals surface area contributed by atoms with Gasteiger partial charge in [-0.3, -0.25) is 9.36 Å². The lowest BCUT2D eigenvalue weighted by Crippen LogP contribution is -2.67. The molecule has 0 amide bonds. The number of nitrogens with one attached hydrogen (secondary N) is 1. The van der Waals surface area contributed by atoms with Crippen LogP contribution in [0.2, 0.25) is 54.4 Å². The molecule has 1 N–H and O–H groups in total. The average molecular weight is 580 g/mol. The van der Waals surface area contributed by atoms with Crippen molar-refractivity contribution < 1.29 is 18.0 Å². The van der Waals surface area contributed by atoms with E-state index >= 15 is 0 Å². The number of unbranched alkanes of at least 4 members (excludes halogenated alkanes) is 1. The summed E-state index contributed by atoms with van der Waals surface area (Å²) in [5.41, 5.74) is -0.864. The van der Waals surface area contributed by atoms with Crippen molar-refractivity contribution in [3.63, 3.8) is 0 Å². The third-order valence-electron chi connectivity index (χ3n) is 9.10. The molecule has 0 aliphatic rings. The van der Waals surface area contributed by atoms with Crippen LogP contribution in [0.15, 0.2) is 0 Å². The predicted molar refractivity (Wildman–Crippen MR) is 167 cm³/mol. The van der Waals surface area contributed by atoms with Crippen molar-refractivity contribution in [2.75, 3.05) is 12.8 Å². The van der Waals surface area contributed by atoms with Gasteiger partial charge in [0, 0.05) is 12.8 Å². The molecule has 0 saturated carbocycles. The van der Waals surface area contributed by atoms with E-state index in [2.05, 4.69) is 114 Å². The zero-order chi connectivity index (χ0) is 29.2. The summed E-state index contributed by atoms with van der Waals surface area (Å²) >= 11 is 0. The molecule has 0 aliphatic heterocycles. The maximum absolute atomic E-state index is 14.2. The Morgan fingerprint density at radius 2 is 1.22 bits per heavy atom. The van der Waals surface area contributed by atoms with E-state index in [1.54, 1.807) is 6.66 Å². The first-order chi connectivity index (χ1) is 15.6. The lowest BCUT2D eigenvalue weighted by molar-refractivity contribution is -0.143. The van der Waals surface area contributed by atoms with Gasteiger partial charge in [-0.15, -0.1) is 0 Å². The Morgan fingerprint density at radius 3 is 1.58 bits per heavy atom. The van der Waals surface area contributed by atoms with Gasteiger partial charge in [0.25, 0.3) is 8.32 Å². The fourth-order valence-corrected chi connectivity index (χ4v) is 12.3. The molecular formula is C27H62NO4PSi3. The number of carbonyl (C=O) groups is 1. The number of carbonyl (C=O) groups excluding carboxylic acids is 1. The summed E-state index contributed by atoms with van der Waals surface area (Å²) in [6.07, 6.45) is 3.42. The van der Waals surface area contributed by atoms with E-state index in [1.807, 2.05) is 0 Å². The first kappa shape index (κ1) is 36.3. The van der Waals surface area contributed by atoms with Crippen LogP contribution in [-0.2, 0) is 18.0 Å². The Kier molecular flexibility index (Phi) is 11.9. The molecular weight excluding hydrogens is 518 g/mol. The minimum absolute atomic E-state index is 0.0291. The highest BCUT2D eigenvalue weighted by Gasteiger charge is 2.51. The topological polar surface area (TPSA) is 64.6 Å². The van der Waals surface area contributed by atoms with Gasteiger partial charge in [0.05, 0.1) is 0 Å². The van der Waals surface area contributed by atoms with E-state index < -0.39 is 37.8 Å². The maximum atomic E-state index is 14.2. The predicted octanol–water partition coefficient (Wildman–Crippen LogP) is 9.38. The largest absolute Gasteiger partial charge is 0.518 e. The molecule has 216 valence electrons. The molecule has 2 unspecified atom stereocenters. The molecule has 0 aromatic heterocycles. The Morgan fingerprint density at radius 1 is 0.778 bits per heavy atom. The molecule has 0 saturated heterocycles. The molecule has 0 aliphatic carbocycles. The van der Waals surface area contributed by atoms with Crippen molar-refractivity contribution in [2.24, 2.45) is 0 Å². The van der Waals surface area contributed by atoms with E-state index in [0.717, 1.165) is 12.8 Å². The van der Waals surface area contributed by atoms with Gasteiger partial charge in [-0.1, -0.05) is 95.2 Å². The van der Waals surface area contributed by atoms with Crippen LogP contribution in [0.5, 0.6) is 0 Å². The minimum atomic E-state index is -2.93. The second-order valence-corrected chi connectivity index (χ2v) is 33.1. The van der Waals surface area contributed by atoms with Crippen molar-refractivity contribution >= 4 is 38.2 Å². The molecule has 0 fully saturated rings. The average Bonchev–Trinajstić information content (AvgIpc) is 2.59. The van der Waals surface area contributed by atoms with Gasteiger partial charge in [0.15, 0.2) is 7.37 Å². The zero-order valence-corrected chi connectivity index (χ0v) is 31.0. The van der Waals surface area contributed by atoms with Crippen LogP contribution in [0.3, 0.4) is 0 Å². The van der Waals surface area contributed by atoms with Crippen molar-refractivity contribution in [2.45, 2.75) is 155 Å². The molecule has 0 heterocycles. The summed E-state index contributed by atoms with van der Waals surface area (Å²) < 4.78 is 26.8. The summed E-state index contributed by atoms with van der Waals surface area (Å²) in [6.45, 7) is 36.8. The monoisotopic (exact) mass is 579 g/mol. The van der Waals surface area contributed by atoms with Crippen molar-refractivity contribution in [3.05, 3.63) is 0 Å². The summed E-state index contributed by atoms with van der Waals surface area (Å²) in [6, 6.07) is 0. The summed E-state index contributed by atoms with van der Waals surface area (Å²) in [7, 11) is -9.59. The van der Waals surface area contributed by atoms with E-state index in [1.165, 1.54) is 0 Å². The highest BCUT2D eigenvalue weighted by atomic mass is 31.2. The van der Waals surface area contributed by atoms with Gasteiger partial charge in [-0.05, 0) is 54.1 Å².